The Kier molecular flexibility index (Phi) is 11.1. The van der Waals surface area contributed by atoms with Crippen molar-refractivity contribution in [2.45, 2.75) is 50.9 Å². The summed E-state index contributed by atoms with van der Waals surface area (Å²) in [6.07, 6.45) is -15.7. The van der Waals surface area contributed by atoms with Crippen molar-refractivity contribution < 1.29 is 49.1 Å². The van der Waals surface area contributed by atoms with Crippen LogP contribution in [0.2, 0.25) is 15.1 Å². The number of nitrogens with one attached hydrogen (secondary N) is 2. The zero-order chi connectivity index (χ0) is 31.5. The standard InChI is InChI=1S/C25H20Cl3F9N2O2/c1-11(23(29,30)31)7-20(40)38-12(2)39-22(41)15-5-3-13(8-17(15)25(35,36)37)4-6-16(24(32,33)34)14-9-18(26)21(28)19(27)10-14/h3-6,8-12,16H,7H2,1-2H3,(H,38,40)(H,39,41)/b6-4+/t11?,12-,16?/m1/s1. The topological polar surface area (TPSA) is 58.2 Å². The van der Waals surface area contributed by atoms with Crippen molar-refractivity contribution in [1.29, 1.82) is 0 Å². The Balaban J connectivity index is 2.31. The summed E-state index contributed by atoms with van der Waals surface area (Å²) < 4.78 is 120. The van der Waals surface area contributed by atoms with Crippen LogP contribution in [0.5, 0.6) is 0 Å². The highest BCUT2D eigenvalue weighted by molar-refractivity contribution is 6.48. The van der Waals surface area contributed by atoms with Gasteiger partial charge in [-0.05, 0) is 42.3 Å². The number of rotatable bonds is 8. The van der Waals surface area contributed by atoms with Crippen LogP contribution in [0.15, 0.2) is 36.4 Å². The maximum absolute atomic E-state index is 13.8. The second kappa shape index (κ2) is 13.1. The summed E-state index contributed by atoms with van der Waals surface area (Å²) in [5, 5.41) is 3.33. The van der Waals surface area contributed by atoms with Gasteiger partial charge in [0.05, 0.1) is 44.2 Å². The maximum Gasteiger partial charge on any atom is 0.417 e. The quantitative estimate of drug-likeness (QED) is 0.169. The molecule has 0 radical (unpaired) electrons. The van der Waals surface area contributed by atoms with Crippen molar-refractivity contribution in [3.05, 3.63) is 73.7 Å². The number of carbonyl (C=O) groups is 2. The van der Waals surface area contributed by atoms with E-state index in [1.807, 2.05) is 10.6 Å². The van der Waals surface area contributed by atoms with E-state index in [1.54, 1.807) is 0 Å². The smallest absolute Gasteiger partial charge is 0.336 e. The van der Waals surface area contributed by atoms with E-state index in [4.69, 9.17) is 34.8 Å². The molecule has 4 nitrogen and oxygen atoms in total. The SMILES string of the molecule is CC(CC(=O)N[C@@H](C)NC(=O)c1ccc(/C=C/C(c2cc(Cl)c(Cl)c(Cl)c2)C(F)(F)F)cc1C(F)(F)F)C(F)(F)F. The summed E-state index contributed by atoms with van der Waals surface area (Å²) in [7, 11) is 0. The molecule has 16 heteroatoms. The molecule has 2 aromatic carbocycles. The second-order valence-corrected chi connectivity index (χ2v) is 10.1. The molecule has 2 amide bonds. The zero-order valence-corrected chi connectivity index (χ0v) is 23.1. The van der Waals surface area contributed by atoms with Gasteiger partial charge < -0.3 is 10.6 Å². The summed E-state index contributed by atoms with van der Waals surface area (Å²) in [5.41, 5.74) is -3.23. The van der Waals surface area contributed by atoms with E-state index in [0.717, 1.165) is 38.1 Å². The van der Waals surface area contributed by atoms with E-state index < -0.39 is 71.5 Å². The van der Waals surface area contributed by atoms with Crippen molar-refractivity contribution >= 4 is 52.7 Å². The number of benzene rings is 2. The van der Waals surface area contributed by atoms with Gasteiger partial charge in [0, 0.05) is 6.42 Å². The number of amides is 2. The van der Waals surface area contributed by atoms with Gasteiger partial charge in [-0.25, -0.2) is 0 Å². The van der Waals surface area contributed by atoms with E-state index >= 15 is 0 Å². The van der Waals surface area contributed by atoms with Crippen LogP contribution >= 0.6 is 34.8 Å². The van der Waals surface area contributed by atoms with Gasteiger partial charge in [-0.1, -0.05) is 59.9 Å². The van der Waals surface area contributed by atoms with Crippen LogP contribution in [-0.2, 0) is 11.0 Å². The number of carbonyl (C=O) groups excluding carboxylic acids is 2. The fraction of sp³-hybridized carbons (Fsp3) is 0.360. The normalized spacial score (nSPS) is 15.0. The average Bonchev–Trinajstić information content (AvgIpc) is 2.80. The molecule has 226 valence electrons. The Labute approximate surface area is 242 Å². The predicted octanol–water partition coefficient (Wildman–Crippen LogP) is 8.81. The van der Waals surface area contributed by atoms with Crippen LogP contribution in [0.1, 0.15) is 53.2 Å². The maximum atomic E-state index is 13.8. The molecule has 0 aliphatic rings. The lowest BCUT2D eigenvalue weighted by Crippen LogP contribution is -2.47. The minimum atomic E-state index is -5.13. The van der Waals surface area contributed by atoms with Gasteiger partial charge in [0.15, 0.2) is 0 Å². The van der Waals surface area contributed by atoms with E-state index in [0.29, 0.717) is 18.2 Å². The van der Waals surface area contributed by atoms with E-state index in [-0.39, 0.29) is 20.6 Å². The highest BCUT2D eigenvalue weighted by atomic mass is 35.5. The second-order valence-electron chi connectivity index (χ2n) is 8.89. The summed E-state index contributed by atoms with van der Waals surface area (Å²) >= 11 is 17.4. The molecule has 0 aromatic heterocycles. The first-order chi connectivity index (χ1) is 18.6. The summed E-state index contributed by atoms with van der Waals surface area (Å²) in [6, 6.07) is 3.92. The van der Waals surface area contributed by atoms with Crippen LogP contribution in [0, 0.1) is 5.92 Å². The Hall–Kier alpha value is -2.64. The molecule has 41 heavy (non-hydrogen) atoms. The molecular weight excluding hydrogens is 638 g/mol. The Morgan fingerprint density at radius 2 is 1.41 bits per heavy atom. The monoisotopic (exact) mass is 656 g/mol. The average molecular weight is 658 g/mol. The van der Waals surface area contributed by atoms with E-state index in [9.17, 15) is 49.1 Å². The van der Waals surface area contributed by atoms with Gasteiger partial charge >= 0.3 is 18.5 Å². The zero-order valence-electron chi connectivity index (χ0n) is 20.8. The van der Waals surface area contributed by atoms with Gasteiger partial charge in [0.1, 0.15) is 0 Å². The van der Waals surface area contributed by atoms with Crippen molar-refractivity contribution in [3.8, 4) is 0 Å². The van der Waals surface area contributed by atoms with Gasteiger partial charge in [-0.15, -0.1) is 0 Å². The molecule has 2 rings (SSSR count). The lowest BCUT2D eigenvalue weighted by Gasteiger charge is -2.20. The molecule has 0 bridgehead atoms. The molecule has 0 saturated carbocycles. The molecule has 2 aromatic rings. The van der Waals surface area contributed by atoms with Gasteiger partial charge in [-0.2, -0.15) is 39.5 Å². The van der Waals surface area contributed by atoms with Crippen LogP contribution in [0.4, 0.5) is 39.5 Å². The minimum Gasteiger partial charge on any atom is -0.336 e. The molecule has 0 fully saturated rings. The lowest BCUT2D eigenvalue weighted by atomic mass is 9.96. The summed E-state index contributed by atoms with van der Waals surface area (Å²) in [6.45, 7) is 1.87. The highest BCUT2D eigenvalue weighted by Gasteiger charge is 2.40. The number of allylic oxidation sites excluding steroid dienone is 1. The molecule has 3 atom stereocenters. The number of halogens is 12. The Bertz CT molecular complexity index is 1290. The third-order valence-corrected chi connectivity index (χ3v) is 6.76. The van der Waals surface area contributed by atoms with Gasteiger partial charge in [-0.3, -0.25) is 9.59 Å². The first kappa shape index (κ1) is 34.6. The molecule has 0 aliphatic heterocycles. The van der Waals surface area contributed by atoms with Crippen molar-refractivity contribution in [1.82, 2.24) is 10.6 Å². The third-order valence-electron chi connectivity index (χ3n) is 5.57. The fourth-order valence-corrected chi connectivity index (χ4v) is 4.09. The predicted molar refractivity (Wildman–Crippen MR) is 136 cm³/mol. The minimum absolute atomic E-state index is 0.185. The molecule has 0 spiro atoms. The van der Waals surface area contributed by atoms with Gasteiger partial charge in [0.2, 0.25) is 5.91 Å². The fourth-order valence-electron chi connectivity index (χ4n) is 3.47. The van der Waals surface area contributed by atoms with Crippen LogP contribution < -0.4 is 10.6 Å². The molecule has 0 heterocycles. The van der Waals surface area contributed by atoms with Crippen molar-refractivity contribution in [3.63, 3.8) is 0 Å². The van der Waals surface area contributed by atoms with Crippen molar-refractivity contribution in [2.75, 3.05) is 0 Å². The van der Waals surface area contributed by atoms with Crippen LogP contribution in [0.3, 0.4) is 0 Å². The first-order valence-electron chi connectivity index (χ1n) is 11.4. The van der Waals surface area contributed by atoms with Crippen LogP contribution in [-0.4, -0.2) is 30.3 Å². The number of alkyl halides is 9. The Morgan fingerprint density at radius 1 is 0.854 bits per heavy atom. The first-order valence-corrected chi connectivity index (χ1v) is 12.5. The molecular formula is C25H20Cl3F9N2O2. The number of hydrogen-bond acceptors (Lipinski definition) is 2. The highest BCUT2D eigenvalue weighted by Crippen LogP contribution is 2.41. The lowest BCUT2D eigenvalue weighted by molar-refractivity contribution is -0.174. The third kappa shape index (κ3) is 9.71. The molecule has 0 aliphatic carbocycles. The largest absolute Gasteiger partial charge is 0.417 e. The molecule has 2 unspecified atom stereocenters. The Morgan fingerprint density at radius 3 is 1.90 bits per heavy atom. The van der Waals surface area contributed by atoms with Crippen molar-refractivity contribution in [2.24, 2.45) is 5.92 Å². The van der Waals surface area contributed by atoms with Gasteiger partial charge in [0.25, 0.3) is 5.91 Å². The summed E-state index contributed by atoms with van der Waals surface area (Å²) in [4.78, 5) is 24.3. The van der Waals surface area contributed by atoms with E-state index in [2.05, 4.69) is 0 Å². The number of hydrogen-bond donors (Lipinski definition) is 2. The molecule has 0 saturated heterocycles. The summed E-state index contributed by atoms with van der Waals surface area (Å²) in [5.74, 6) is -6.80. The van der Waals surface area contributed by atoms with Crippen LogP contribution in [0.25, 0.3) is 6.08 Å². The molecule has 2 N–H and O–H groups in total. The van der Waals surface area contributed by atoms with E-state index in [1.165, 1.54) is 0 Å².